The number of nitrogens with two attached hydrogens (primary N) is 1. The third-order valence-electron chi connectivity index (χ3n) is 10.9. The second kappa shape index (κ2) is 22.0. The molecule has 1 saturated heterocycles. The Balaban J connectivity index is 0.818. The Morgan fingerprint density at radius 1 is 1.02 bits per heavy atom. The standard InChI is InChI=1S/C46H55N9O8S/c1-29(2)42(46(58)55-26-35(56)21-39(55)45(57)48-23-31-11-13-32(14-12-31)43-30(3)49-27-64-43)41-20-34(53-63-41)8-7-16-60-18-19-61-17-15-54-25-33(24-50-54)37-22-38(51-52-44(37)47)36-9-5-6-10-40(36)62-28-59-4/h5-6,9-14,20,22,24-25,27,29,35,39,42,56H,7-8,15-19,21,23,26,28H2,1-4H3,(H2,47,52)(H,48,57)/t35-,39+,42?/m1/s1. The summed E-state index contributed by atoms with van der Waals surface area (Å²) in [5, 5.41) is 30.7. The fraction of sp³-hybridized carbons (Fsp3) is 0.413. The quantitative estimate of drug-likeness (QED) is 0.0553. The molecule has 1 fully saturated rings. The number of nitrogens with one attached hydrogen (secondary N) is 1. The van der Waals surface area contributed by atoms with E-state index in [1.54, 1.807) is 29.3 Å². The van der Waals surface area contributed by atoms with Gasteiger partial charge in [0.15, 0.2) is 12.6 Å². The lowest BCUT2D eigenvalue weighted by Gasteiger charge is -2.28. The minimum Gasteiger partial charge on any atom is -0.467 e. The highest BCUT2D eigenvalue weighted by Gasteiger charge is 2.43. The summed E-state index contributed by atoms with van der Waals surface area (Å²) in [5.41, 5.74) is 14.6. The van der Waals surface area contributed by atoms with Gasteiger partial charge in [0.2, 0.25) is 11.8 Å². The molecule has 1 aliphatic heterocycles. The van der Waals surface area contributed by atoms with Crippen molar-refractivity contribution in [1.29, 1.82) is 0 Å². The van der Waals surface area contributed by atoms with Gasteiger partial charge in [-0.3, -0.25) is 14.3 Å². The lowest BCUT2D eigenvalue weighted by molar-refractivity contribution is -0.141. The number of likely N-dealkylation sites (tertiary alicyclic amines) is 1. The Morgan fingerprint density at radius 3 is 2.58 bits per heavy atom. The molecular formula is C46H55N9O8S. The number of benzene rings is 2. The van der Waals surface area contributed by atoms with Crippen LogP contribution in [0.15, 0.2) is 83.1 Å². The molecule has 3 atom stereocenters. The van der Waals surface area contributed by atoms with Gasteiger partial charge in [0, 0.05) is 62.2 Å². The van der Waals surface area contributed by atoms with E-state index in [1.807, 2.05) is 93.1 Å². The van der Waals surface area contributed by atoms with Gasteiger partial charge in [-0.2, -0.15) is 5.10 Å². The number of aliphatic hydroxyl groups is 1. The first-order valence-corrected chi connectivity index (χ1v) is 22.2. The van der Waals surface area contributed by atoms with Crippen molar-refractivity contribution in [1.82, 2.24) is 40.3 Å². The lowest BCUT2D eigenvalue weighted by atomic mass is 9.91. The average Bonchev–Trinajstić information content (AvgIpc) is 4.13. The highest BCUT2D eigenvalue weighted by Crippen LogP contribution is 2.34. The van der Waals surface area contributed by atoms with Crippen LogP contribution in [0.4, 0.5) is 5.82 Å². The first-order valence-electron chi connectivity index (χ1n) is 21.3. The van der Waals surface area contributed by atoms with Crippen molar-refractivity contribution in [3.63, 3.8) is 0 Å². The smallest absolute Gasteiger partial charge is 0.243 e. The number of ether oxygens (including phenoxy) is 4. The van der Waals surface area contributed by atoms with Crippen LogP contribution in [0.3, 0.4) is 0 Å². The molecule has 18 heteroatoms. The zero-order valence-electron chi connectivity index (χ0n) is 36.5. The van der Waals surface area contributed by atoms with Crippen molar-refractivity contribution in [2.45, 2.75) is 71.2 Å². The third kappa shape index (κ3) is 11.5. The van der Waals surface area contributed by atoms with E-state index in [-0.39, 0.29) is 37.5 Å². The minimum absolute atomic E-state index is 0.0688. The molecule has 6 aromatic rings. The first kappa shape index (κ1) is 46.0. The van der Waals surface area contributed by atoms with Crippen LogP contribution in [0.25, 0.3) is 32.8 Å². The molecule has 5 heterocycles. The Morgan fingerprint density at radius 2 is 1.81 bits per heavy atom. The van der Waals surface area contributed by atoms with Crippen molar-refractivity contribution < 1.29 is 38.2 Å². The van der Waals surface area contributed by atoms with Crippen LogP contribution in [0.1, 0.15) is 55.3 Å². The molecule has 17 nitrogen and oxygen atoms in total. The van der Waals surface area contributed by atoms with Gasteiger partial charge in [-0.15, -0.1) is 21.5 Å². The number of nitrogen functional groups attached to an aromatic ring is 1. The van der Waals surface area contributed by atoms with Crippen LogP contribution in [0, 0.1) is 12.8 Å². The summed E-state index contributed by atoms with van der Waals surface area (Å²) in [4.78, 5) is 34.4. The minimum atomic E-state index is -0.807. The van der Waals surface area contributed by atoms with Crippen LogP contribution in [-0.4, -0.2) is 111 Å². The van der Waals surface area contributed by atoms with Gasteiger partial charge in [0.05, 0.1) is 66.1 Å². The molecule has 1 unspecified atom stereocenters. The summed E-state index contributed by atoms with van der Waals surface area (Å²) in [7, 11) is 1.56. The van der Waals surface area contributed by atoms with Crippen molar-refractivity contribution in [3.05, 3.63) is 101 Å². The molecule has 0 saturated carbocycles. The van der Waals surface area contributed by atoms with Gasteiger partial charge in [0.25, 0.3) is 0 Å². The van der Waals surface area contributed by atoms with E-state index in [2.05, 4.69) is 30.8 Å². The number of anilines is 1. The summed E-state index contributed by atoms with van der Waals surface area (Å²) in [6.45, 7) is 8.62. The van der Waals surface area contributed by atoms with E-state index in [0.29, 0.717) is 86.6 Å². The topological polar surface area (TPSA) is 215 Å². The first-order chi connectivity index (χ1) is 31.1. The number of carbonyl (C=O) groups is 2. The summed E-state index contributed by atoms with van der Waals surface area (Å²) in [6, 6.07) is 18.4. The number of aryl methyl sites for hydroxylation is 2. The molecular weight excluding hydrogens is 839 g/mol. The average molecular weight is 894 g/mol. The zero-order chi connectivity index (χ0) is 45.0. The van der Waals surface area contributed by atoms with Gasteiger partial charge in [-0.25, -0.2) is 4.98 Å². The fourth-order valence-corrected chi connectivity index (χ4v) is 8.43. The molecule has 0 radical (unpaired) electrons. The molecule has 0 spiro atoms. The van der Waals surface area contributed by atoms with E-state index in [0.717, 1.165) is 32.8 Å². The number of β-amino-alcohol motifs (C(OH)–C–C–N with tert-alkyl or cyclic N) is 1. The van der Waals surface area contributed by atoms with Gasteiger partial charge < -0.3 is 44.5 Å². The van der Waals surface area contributed by atoms with Crippen molar-refractivity contribution in [3.8, 4) is 38.6 Å². The largest absolute Gasteiger partial charge is 0.467 e. The van der Waals surface area contributed by atoms with Crippen LogP contribution in [-0.2, 0) is 43.3 Å². The molecule has 0 bridgehead atoms. The molecule has 2 amide bonds. The number of hydrogen-bond acceptors (Lipinski definition) is 15. The van der Waals surface area contributed by atoms with Gasteiger partial charge in [0.1, 0.15) is 23.5 Å². The highest BCUT2D eigenvalue weighted by molar-refractivity contribution is 7.13. The number of hydrogen-bond donors (Lipinski definition) is 3. The highest BCUT2D eigenvalue weighted by atomic mass is 32.1. The molecule has 64 heavy (non-hydrogen) atoms. The van der Waals surface area contributed by atoms with E-state index in [9.17, 15) is 14.7 Å². The maximum absolute atomic E-state index is 14.0. The summed E-state index contributed by atoms with van der Waals surface area (Å²) < 4.78 is 29.9. The van der Waals surface area contributed by atoms with Gasteiger partial charge in [-0.1, -0.05) is 55.4 Å². The number of methoxy groups -OCH3 is 1. The molecule has 1 aliphatic rings. The summed E-state index contributed by atoms with van der Waals surface area (Å²) in [5.74, 6) is -0.0389. The molecule has 2 aromatic carbocycles. The molecule has 4 N–H and O–H groups in total. The van der Waals surface area contributed by atoms with E-state index in [4.69, 9.17) is 29.2 Å². The molecule has 338 valence electrons. The Hall–Kier alpha value is -6.05. The second-order valence-corrected chi connectivity index (χ2v) is 16.8. The van der Waals surface area contributed by atoms with Gasteiger partial charge >= 0.3 is 0 Å². The van der Waals surface area contributed by atoms with E-state index >= 15 is 0 Å². The van der Waals surface area contributed by atoms with Crippen LogP contribution < -0.4 is 15.8 Å². The maximum Gasteiger partial charge on any atom is 0.243 e. The van der Waals surface area contributed by atoms with E-state index in [1.165, 1.54) is 4.90 Å². The van der Waals surface area contributed by atoms with Crippen molar-refractivity contribution in [2.75, 3.05) is 52.6 Å². The second-order valence-electron chi connectivity index (χ2n) is 15.9. The number of amides is 2. The SMILES string of the molecule is COCOc1ccccc1-c1cc(-c2cnn(CCOCCOCCCc3cc(C(C(=O)N4C[C@H](O)C[C@H]4C(=O)NCc4ccc(-c5scnc5C)cc4)C(C)C)on3)c2)c(N)nn1. The summed E-state index contributed by atoms with van der Waals surface area (Å²) >= 11 is 1.59. The molecule has 4 aromatic heterocycles. The normalized spacial score (nSPS) is 15.5. The fourth-order valence-electron chi connectivity index (χ4n) is 7.62. The zero-order valence-corrected chi connectivity index (χ0v) is 37.3. The van der Waals surface area contributed by atoms with Crippen molar-refractivity contribution in [2.24, 2.45) is 5.92 Å². The number of aliphatic hydroxyl groups excluding tert-OH is 1. The lowest BCUT2D eigenvalue weighted by Crippen LogP contribution is -2.48. The molecule has 7 rings (SSSR count). The Kier molecular flexibility index (Phi) is 15.8. The predicted molar refractivity (Wildman–Crippen MR) is 240 cm³/mol. The monoisotopic (exact) mass is 893 g/mol. The Labute approximate surface area is 375 Å². The van der Waals surface area contributed by atoms with Crippen LogP contribution in [0.5, 0.6) is 5.75 Å². The van der Waals surface area contributed by atoms with Crippen molar-refractivity contribution >= 4 is 29.0 Å². The van der Waals surface area contributed by atoms with Crippen LogP contribution in [0.2, 0.25) is 0 Å². The summed E-state index contributed by atoms with van der Waals surface area (Å²) in [6.07, 6.45) is 4.26. The number of thiazole rings is 1. The molecule has 0 aliphatic carbocycles. The number of nitrogens with zero attached hydrogens (tertiary/aromatic N) is 7. The maximum atomic E-state index is 14.0. The number of aromatic nitrogens is 6. The third-order valence-corrected chi connectivity index (χ3v) is 11.9. The number of para-hydroxylation sites is 1. The number of carbonyl (C=O) groups excluding carboxylic acids is 2. The van der Waals surface area contributed by atoms with E-state index < -0.39 is 18.1 Å². The van der Waals surface area contributed by atoms with Gasteiger partial charge in [-0.05, 0) is 55.0 Å². The number of rotatable bonds is 22. The van der Waals surface area contributed by atoms with Crippen LogP contribution >= 0.6 is 11.3 Å². The predicted octanol–water partition coefficient (Wildman–Crippen LogP) is 5.68. The Bertz CT molecular complexity index is 2450.